The van der Waals surface area contributed by atoms with E-state index in [-0.39, 0.29) is 0 Å². The summed E-state index contributed by atoms with van der Waals surface area (Å²) in [6.45, 7) is 7.03. The van der Waals surface area contributed by atoms with Crippen LogP contribution in [0.1, 0.15) is 19.4 Å². The van der Waals surface area contributed by atoms with Crippen LogP contribution in [0.2, 0.25) is 0 Å². The summed E-state index contributed by atoms with van der Waals surface area (Å²) in [5.41, 5.74) is 2.00. The van der Waals surface area contributed by atoms with E-state index < -0.39 is 5.97 Å². The molecule has 0 unspecified atom stereocenters. The summed E-state index contributed by atoms with van der Waals surface area (Å²) in [5, 5.41) is 0. The molecule has 1 aromatic carbocycles. The molecule has 0 aromatic heterocycles. The molecule has 0 radical (unpaired) electrons. The lowest BCUT2D eigenvalue weighted by atomic mass is 10.1. The summed E-state index contributed by atoms with van der Waals surface area (Å²) in [6, 6.07) is 9.78. The van der Waals surface area contributed by atoms with E-state index in [1.54, 1.807) is 6.92 Å². The normalized spacial score (nSPS) is 11.6. The van der Waals surface area contributed by atoms with Crippen molar-refractivity contribution in [2.75, 3.05) is 0 Å². The zero-order valence-corrected chi connectivity index (χ0v) is 8.99. The largest absolute Gasteiger partial charge is 0.428 e. The fraction of sp³-hybridized carbons (Fsp3) is 0.154. The van der Waals surface area contributed by atoms with Crippen LogP contribution in [0.4, 0.5) is 0 Å². The second kappa shape index (κ2) is 5.15. The van der Waals surface area contributed by atoms with Gasteiger partial charge in [0.1, 0.15) is 5.76 Å². The Kier molecular flexibility index (Phi) is 3.86. The SMILES string of the molecule is C=CC(=O)OC(C)=C(C)c1ccccc1. The molecule has 0 amide bonds. The molecule has 0 fully saturated rings. The summed E-state index contributed by atoms with van der Waals surface area (Å²) in [5.74, 6) is 0.175. The Morgan fingerprint density at radius 3 is 2.40 bits per heavy atom. The van der Waals surface area contributed by atoms with Crippen molar-refractivity contribution >= 4 is 11.5 Å². The van der Waals surface area contributed by atoms with E-state index in [2.05, 4.69) is 6.58 Å². The summed E-state index contributed by atoms with van der Waals surface area (Å²) < 4.78 is 5.04. The molecule has 15 heavy (non-hydrogen) atoms. The third-order valence-corrected chi connectivity index (χ3v) is 2.16. The fourth-order valence-electron chi connectivity index (χ4n) is 1.16. The number of carbonyl (C=O) groups is 1. The summed E-state index contributed by atoms with van der Waals surface area (Å²) in [4.78, 5) is 11.0. The van der Waals surface area contributed by atoms with Gasteiger partial charge in [0.2, 0.25) is 0 Å². The Morgan fingerprint density at radius 1 is 1.27 bits per heavy atom. The van der Waals surface area contributed by atoms with Crippen LogP contribution in [0.3, 0.4) is 0 Å². The molecule has 0 spiro atoms. The van der Waals surface area contributed by atoms with E-state index in [4.69, 9.17) is 4.74 Å². The highest BCUT2D eigenvalue weighted by Crippen LogP contribution is 2.18. The minimum atomic E-state index is -0.428. The monoisotopic (exact) mass is 202 g/mol. The van der Waals surface area contributed by atoms with E-state index in [1.165, 1.54) is 0 Å². The minimum absolute atomic E-state index is 0.428. The highest BCUT2D eigenvalue weighted by molar-refractivity contribution is 5.83. The van der Waals surface area contributed by atoms with E-state index in [9.17, 15) is 4.79 Å². The van der Waals surface area contributed by atoms with E-state index in [0.29, 0.717) is 5.76 Å². The molecule has 0 saturated heterocycles. The first-order valence-corrected chi connectivity index (χ1v) is 4.72. The number of ether oxygens (including phenoxy) is 1. The quantitative estimate of drug-likeness (QED) is 0.427. The molecular weight excluding hydrogens is 188 g/mol. The molecule has 0 aliphatic heterocycles. The number of carbonyl (C=O) groups excluding carboxylic acids is 1. The van der Waals surface area contributed by atoms with Crippen molar-refractivity contribution in [1.29, 1.82) is 0 Å². The average molecular weight is 202 g/mol. The maximum Gasteiger partial charge on any atom is 0.335 e. The van der Waals surface area contributed by atoms with Crippen molar-refractivity contribution in [3.63, 3.8) is 0 Å². The average Bonchev–Trinajstić information content (AvgIpc) is 2.29. The van der Waals surface area contributed by atoms with Gasteiger partial charge in [0.15, 0.2) is 0 Å². The van der Waals surface area contributed by atoms with Crippen LogP contribution in [0.5, 0.6) is 0 Å². The third-order valence-electron chi connectivity index (χ3n) is 2.16. The Bertz CT molecular complexity index is 388. The van der Waals surface area contributed by atoms with Gasteiger partial charge in [-0.1, -0.05) is 36.9 Å². The van der Waals surface area contributed by atoms with Crippen molar-refractivity contribution in [3.8, 4) is 0 Å². The van der Waals surface area contributed by atoms with Crippen LogP contribution in [0.25, 0.3) is 5.57 Å². The third kappa shape index (κ3) is 3.09. The number of esters is 1. The highest BCUT2D eigenvalue weighted by Gasteiger charge is 2.03. The minimum Gasteiger partial charge on any atom is -0.428 e. The summed E-state index contributed by atoms with van der Waals surface area (Å²) in [6.07, 6.45) is 1.15. The van der Waals surface area contributed by atoms with Gasteiger partial charge in [-0.2, -0.15) is 0 Å². The van der Waals surface area contributed by atoms with Gasteiger partial charge in [0.05, 0.1) is 0 Å². The number of rotatable bonds is 3. The maximum absolute atomic E-state index is 11.0. The molecule has 2 nitrogen and oxygen atoms in total. The van der Waals surface area contributed by atoms with Crippen LogP contribution in [-0.2, 0) is 9.53 Å². The molecular formula is C13H14O2. The van der Waals surface area contributed by atoms with Gasteiger partial charge in [-0.25, -0.2) is 4.79 Å². The maximum atomic E-state index is 11.0. The fourth-order valence-corrected chi connectivity index (χ4v) is 1.16. The molecule has 1 aromatic rings. The zero-order chi connectivity index (χ0) is 11.3. The Labute approximate surface area is 89.9 Å². The second-order valence-corrected chi connectivity index (χ2v) is 3.17. The number of hydrogen-bond acceptors (Lipinski definition) is 2. The molecule has 0 atom stereocenters. The molecule has 2 heteroatoms. The van der Waals surface area contributed by atoms with Crippen molar-refractivity contribution < 1.29 is 9.53 Å². The number of benzene rings is 1. The molecule has 0 aliphatic rings. The highest BCUT2D eigenvalue weighted by atomic mass is 16.5. The smallest absolute Gasteiger partial charge is 0.335 e. The Morgan fingerprint density at radius 2 is 1.87 bits per heavy atom. The van der Waals surface area contributed by atoms with Crippen LogP contribution >= 0.6 is 0 Å². The predicted octanol–water partition coefficient (Wildman–Crippen LogP) is 3.17. The van der Waals surface area contributed by atoms with Crippen molar-refractivity contribution in [1.82, 2.24) is 0 Å². The topological polar surface area (TPSA) is 26.3 Å². The lowest BCUT2D eigenvalue weighted by Gasteiger charge is -2.07. The standard InChI is InChI=1S/C13H14O2/c1-4-13(14)15-11(3)10(2)12-8-6-5-7-9-12/h4-9H,1H2,2-3H3. The van der Waals surface area contributed by atoms with Gasteiger partial charge >= 0.3 is 5.97 Å². The molecule has 0 saturated carbocycles. The van der Waals surface area contributed by atoms with Crippen molar-refractivity contribution in [2.24, 2.45) is 0 Å². The number of allylic oxidation sites excluding steroid dienone is 2. The molecule has 0 aliphatic carbocycles. The molecule has 0 bridgehead atoms. The summed E-state index contributed by atoms with van der Waals surface area (Å²) >= 11 is 0. The zero-order valence-electron chi connectivity index (χ0n) is 8.99. The van der Waals surface area contributed by atoms with Crippen molar-refractivity contribution in [2.45, 2.75) is 13.8 Å². The van der Waals surface area contributed by atoms with E-state index >= 15 is 0 Å². The van der Waals surface area contributed by atoms with Crippen LogP contribution < -0.4 is 0 Å². The van der Waals surface area contributed by atoms with Gasteiger partial charge < -0.3 is 4.74 Å². The van der Waals surface area contributed by atoms with E-state index in [0.717, 1.165) is 17.2 Å². The van der Waals surface area contributed by atoms with Crippen molar-refractivity contribution in [3.05, 3.63) is 54.3 Å². The lowest BCUT2D eigenvalue weighted by molar-refractivity contribution is -0.133. The van der Waals surface area contributed by atoms with Crippen LogP contribution in [0.15, 0.2) is 48.7 Å². The summed E-state index contributed by atoms with van der Waals surface area (Å²) in [7, 11) is 0. The van der Waals surface area contributed by atoms with Gasteiger partial charge in [0.25, 0.3) is 0 Å². The van der Waals surface area contributed by atoms with Crippen LogP contribution in [0, 0.1) is 0 Å². The van der Waals surface area contributed by atoms with Crippen LogP contribution in [-0.4, -0.2) is 5.97 Å². The Hall–Kier alpha value is -1.83. The number of hydrogen-bond donors (Lipinski definition) is 0. The molecule has 0 heterocycles. The second-order valence-electron chi connectivity index (χ2n) is 3.17. The predicted molar refractivity (Wildman–Crippen MR) is 61.0 cm³/mol. The van der Waals surface area contributed by atoms with Gasteiger partial charge in [-0.05, 0) is 25.0 Å². The molecule has 0 N–H and O–H groups in total. The first-order chi connectivity index (χ1) is 7.15. The van der Waals surface area contributed by atoms with Gasteiger partial charge in [-0.3, -0.25) is 0 Å². The first-order valence-electron chi connectivity index (χ1n) is 4.72. The molecule has 1 rings (SSSR count). The first kappa shape index (κ1) is 11.2. The van der Waals surface area contributed by atoms with E-state index in [1.807, 2.05) is 37.3 Å². The Balaban J connectivity index is 2.90. The lowest BCUT2D eigenvalue weighted by Crippen LogP contribution is -1.99. The van der Waals surface area contributed by atoms with Gasteiger partial charge in [0, 0.05) is 6.08 Å². The van der Waals surface area contributed by atoms with Gasteiger partial charge in [-0.15, -0.1) is 0 Å². The molecule has 78 valence electrons.